The molecular formula is C22H23N3OS2. The van der Waals surface area contributed by atoms with Crippen LogP contribution >= 0.6 is 24.0 Å². The van der Waals surface area contributed by atoms with Gasteiger partial charge in [0.1, 0.15) is 11.8 Å². The number of hydrogen-bond donors (Lipinski definition) is 1. The van der Waals surface area contributed by atoms with E-state index in [0.29, 0.717) is 0 Å². The maximum absolute atomic E-state index is 6.27. The molecule has 0 bridgehead atoms. The fraction of sp³-hybridized carbons (Fsp3) is 0.273. The lowest BCUT2D eigenvalue weighted by molar-refractivity contribution is 0.260. The first-order chi connectivity index (χ1) is 13.7. The second kappa shape index (κ2) is 8.37. The van der Waals surface area contributed by atoms with E-state index in [1.165, 1.54) is 10.5 Å². The van der Waals surface area contributed by atoms with E-state index in [4.69, 9.17) is 16.6 Å². The number of aromatic nitrogens is 1. The summed E-state index contributed by atoms with van der Waals surface area (Å²) in [5.74, 6) is 0.908. The molecular weight excluding hydrogens is 386 g/mol. The van der Waals surface area contributed by atoms with Crippen LogP contribution in [0.25, 0.3) is 0 Å². The van der Waals surface area contributed by atoms with Gasteiger partial charge < -0.3 is 14.6 Å². The molecule has 28 heavy (non-hydrogen) atoms. The number of benzene rings is 1. The average Bonchev–Trinajstić information content (AvgIpc) is 3.29. The highest BCUT2D eigenvalue weighted by molar-refractivity contribution is 7.99. The van der Waals surface area contributed by atoms with E-state index >= 15 is 0 Å². The van der Waals surface area contributed by atoms with Crippen molar-refractivity contribution in [3.05, 3.63) is 77.8 Å². The monoisotopic (exact) mass is 409 g/mol. The molecule has 0 spiro atoms. The summed E-state index contributed by atoms with van der Waals surface area (Å²) in [5.41, 5.74) is 2.22. The van der Waals surface area contributed by atoms with Gasteiger partial charge >= 0.3 is 0 Å². The molecule has 0 saturated carbocycles. The lowest BCUT2D eigenvalue weighted by Crippen LogP contribution is -2.30. The minimum absolute atomic E-state index is 0.00489. The molecule has 1 aromatic carbocycles. The standard InChI is InChI=1S/C22H23N3OS2/c1-3-14-25-21(20(24-22(25)27)17-6-4-5-13-23-17)18-11-12-19(26-18)28-16-9-7-15(2)8-10-16/h4-13,20-21H,3,14H2,1-2H3,(H,24,27)/t20-,21-/m0/s1. The van der Waals surface area contributed by atoms with Crippen molar-refractivity contribution >= 4 is 29.1 Å². The Morgan fingerprint density at radius 3 is 2.68 bits per heavy atom. The van der Waals surface area contributed by atoms with Crippen molar-refractivity contribution in [3.63, 3.8) is 0 Å². The molecule has 3 aromatic rings. The third kappa shape index (κ3) is 3.93. The number of thiocarbonyl (C=S) groups is 1. The lowest BCUT2D eigenvalue weighted by Gasteiger charge is -2.25. The summed E-state index contributed by atoms with van der Waals surface area (Å²) in [6.07, 6.45) is 2.83. The van der Waals surface area contributed by atoms with Gasteiger partial charge in [0.2, 0.25) is 0 Å². The van der Waals surface area contributed by atoms with Gasteiger partial charge in [-0.1, -0.05) is 42.4 Å². The molecule has 2 aromatic heterocycles. The SMILES string of the molecule is CCCN1C(=S)N[C@@H](c2ccccn2)[C@@H]1c1ccc(Sc2ccc(C)cc2)o1. The van der Waals surface area contributed by atoms with Gasteiger partial charge in [-0.05, 0) is 62.0 Å². The number of aryl methyl sites for hydroxylation is 1. The van der Waals surface area contributed by atoms with Gasteiger partial charge in [-0.25, -0.2) is 0 Å². The van der Waals surface area contributed by atoms with Crippen LogP contribution in [0.2, 0.25) is 0 Å². The van der Waals surface area contributed by atoms with Crippen LogP contribution in [0.1, 0.15) is 42.4 Å². The largest absolute Gasteiger partial charge is 0.452 e. The zero-order valence-corrected chi connectivity index (χ0v) is 17.6. The van der Waals surface area contributed by atoms with Crippen LogP contribution in [0, 0.1) is 6.92 Å². The molecule has 0 amide bonds. The van der Waals surface area contributed by atoms with E-state index in [9.17, 15) is 0 Å². The van der Waals surface area contributed by atoms with Crippen LogP contribution in [0.5, 0.6) is 0 Å². The summed E-state index contributed by atoms with van der Waals surface area (Å²) in [7, 11) is 0. The van der Waals surface area contributed by atoms with Gasteiger partial charge in [-0.2, -0.15) is 0 Å². The fourth-order valence-electron chi connectivity index (χ4n) is 3.47. The van der Waals surface area contributed by atoms with Crippen molar-refractivity contribution in [2.45, 2.75) is 42.3 Å². The van der Waals surface area contributed by atoms with Crippen molar-refractivity contribution in [1.82, 2.24) is 15.2 Å². The number of hydrogen-bond acceptors (Lipinski definition) is 4. The molecule has 6 heteroatoms. The Hall–Kier alpha value is -2.31. The Bertz CT molecular complexity index is 940. The number of nitrogens with zero attached hydrogens (tertiary/aromatic N) is 2. The van der Waals surface area contributed by atoms with Gasteiger partial charge in [0.25, 0.3) is 0 Å². The van der Waals surface area contributed by atoms with Crippen LogP contribution in [0.4, 0.5) is 0 Å². The number of furan rings is 1. The van der Waals surface area contributed by atoms with E-state index in [0.717, 1.165) is 34.6 Å². The quantitative estimate of drug-likeness (QED) is 0.541. The van der Waals surface area contributed by atoms with Gasteiger partial charge in [0, 0.05) is 17.6 Å². The molecule has 4 rings (SSSR count). The third-order valence-electron chi connectivity index (χ3n) is 4.80. The molecule has 144 valence electrons. The zero-order valence-electron chi connectivity index (χ0n) is 16.0. The van der Waals surface area contributed by atoms with Crippen molar-refractivity contribution in [2.75, 3.05) is 6.54 Å². The predicted octanol–water partition coefficient (Wildman–Crippen LogP) is 5.52. The predicted molar refractivity (Wildman–Crippen MR) is 116 cm³/mol. The Morgan fingerprint density at radius 1 is 1.14 bits per heavy atom. The molecule has 4 nitrogen and oxygen atoms in total. The second-order valence-corrected chi connectivity index (χ2v) is 8.36. The van der Waals surface area contributed by atoms with Crippen LogP contribution in [0.3, 0.4) is 0 Å². The van der Waals surface area contributed by atoms with Gasteiger partial charge in [-0.3, -0.25) is 4.98 Å². The van der Waals surface area contributed by atoms with Crippen LogP contribution in [0.15, 0.2) is 75.2 Å². The molecule has 0 unspecified atom stereocenters. The minimum Gasteiger partial charge on any atom is -0.452 e. The fourth-order valence-corrected chi connectivity index (χ4v) is 4.58. The summed E-state index contributed by atoms with van der Waals surface area (Å²) < 4.78 is 6.27. The molecule has 3 heterocycles. The molecule has 0 aliphatic carbocycles. The van der Waals surface area contributed by atoms with Gasteiger partial charge in [0.15, 0.2) is 10.2 Å². The summed E-state index contributed by atoms with van der Waals surface area (Å²) in [5, 5.41) is 5.09. The van der Waals surface area contributed by atoms with Crippen molar-refractivity contribution in [1.29, 1.82) is 0 Å². The highest BCUT2D eigenvalue weighted by Gasteiger charge is 2.41. The maximum Gasteiger partial charge on any atom is 0.170 e. The Labute approximate surface area is 175 Å². The Kier molecular flexibility index (Phi) is 5.69. The first-order valence-electron chi connectivity index (χ1n) is 9.48. The molecule has 2 atom stereocenters. The lowest BCUT2D eigenvalue weighted by atomic mass is 10.0. The molecule has 1 aliphatic rings. The summed E-state index contributed by atoms with van der Waals surface area (Å²) in [6.45, 7) is 5.13. The number of pyridine rings is 1. The highest BCUT2D eigenvalue weighted by Crippen LogP contribution is 2.41. The van der Waals surface area contributed by atoms with Crippen molar-refractivity contribution in [2.24, 2.45) is 0 Å². The Morgan fingerprint density at radius 2 is 1.96 bits per heavy atom. The van der Waals surface area contributed by atoms with E-state index in [-0.39, 0.29) is 12.1 Å². The topological polar surface area (TPSA) is 41.3 Å². The van der Waals surface area contributed by atoms with E-state index < -0.39 is 0 Å². The van der Waals surface area contributed by atoms with Gasteiger partial charge in [0.05, 0.1) is 11.7 Å². The third-order valence-corrected chi connectivity index (χ3v) is 6.08. The first-order valence-corrected chi connectivity index (χ1v) is 10.7. The van der Waals surface area contributed by atoms with Crippen LogP contribution < -0.4 is 5.32 Å². The van der Waals surface area contributed by atoms with Crippen molar-refractivity contribution < 1.29 is 4.42 Å². The normalized spacial score (nSPS) is 19.1. The van der Waals surface area contributed by atoms with Crippen molar-refractivity contribution in [3.8, 4) is 0 Å². The summed E-state index contributed by atoms with van der Waals surface area (Å²) in [4.78, 5) is 7.93. The average molecular weight is 410 g/mol. The first kappa shape index (κ1) is 19.0. The Balaban J connectivity index is 1.63. The van der Waals surface area contributed by atoms with E-state index in [1.54, 1.807) is 11.8 Å². The van der Waals surface area contributed by atoms with Gasteiger partial charge in [-0.15, -0.1) is 0 Å². The molecule has 0 radical (unpaired) electrons. The smallest absolute Gasteiger partial charge is 0.170 e. The molecule has 1 fully saturated rings. The summed E-state index contributed by atoms with van der Waals surface area (Å²) in [6, 6.07) is 18.5. The highest BCUT2D eigenvalue weighted by atomic mass is 32.2. The second-order valence-electron chi connectivity index (χ2n) is 6.89. The maximum atomic E-state index is 6.27. The molecule has 1 saturated heterocycles. The van der Waals surface area contributed by atoms with E-state index in [1.807, 2.05) is 30.5 Å². The van der Waals surface area contributed by atoms with Crippen LogP contribution in [-0.2, 0) is 0 Å². The number of nitrogens with one attached hydrogen (secondary N) is 1. The number of rotatable bonds is 6. The molecule has 1 N–H and O–H groups in total. The summed E-state index contributed by atoms with van der Waals surface area (Å²) >= 11 is 7.26. The van der Waals surface area contributed by atoms with E-state index in [2.05, 4.69) is 59.4 Å². The minimum atomic E-state index is -0.0244. The zero-order chi connectivity index (χ0) is 19.5. The molecule has 1 aliphatic heterocycles. The van der Waals surface area contributed by atoms with Crippen LogP contribution in [-0.4, -0.2) is 21.5 Å².